The van der Waals surface area contributed by atoms with Gasteiger partial charge in [0.25, 0.3) is 0 Å². The number of nitrogens with two attached hydrogens (primary N) is 1. The van der Waals surface area contributed by atoms with E-state index in [0.717, 1.165) is 18.8 Å². The van der Waals surface area contributed by atoms with Gasteiger partial charge in [0, 0.05) is 19.1 Å². The number of halogens is 3. The Labute approximate surface area is 122 Å². The summed E-state index contributed by atoms with van der Waals surface area (Å²) in [5.74, 6) is 0. The molecule has 1 aromatic rings. The molecule has 0 amide bonds. The molecule has 0 aliphatic heterocycles. The standard InChI is InChI=1S/C14H21F3N4/c1-21(10-4-2-3-5-10)7-6-19-12-8-13(14(15,16)17)20-9-11(12)18/h8-10H,2-7,18H2,1H3,(H,19,20). The lowest BCUT2D eigenvalue weighted by Gasteiger charge is -2.24. The molecule has 4 nitrogen and oxygen atoms in total. The van der Waals surface area contributed by atoms with Crippen LogP contribution in [0.5, 0.6) is 0 Å². The van der Waals surface area contributed by atoms with E-state index in [-0.39, 0.29) is 11.4 Å². The van der Waals surface area contributed by atoms with Gasteiger partial charge in [0.1, 0.15) is 5.69 Å². The fourth-order valence-electron chi connectivity index (χ4n) is 2.67. The molecule has 0 saturated heterocycles. The molecule has 1 fully saturated rings. The molecule has 1 aromatic heterocycles. The first-order valence-corrected chi connectivity index (χ1v) is 7.15. The van der Waals surface area contributed by atoms with Crippen LogP contribution >= 0.6 is 0 Å². The summed E-state index contributed by atoms with van der Waals surface area (Å²) < 4.78 is 37.8. The van der Waals surface area contributed by atoms with Crippen molar-refractivity contribution >= 4 is 11.4 Å². The summed E-state index contributed by atoms with van der Waals surface area (Å²) in [5.41, 5.74) is 5.26. The Bertz CT molecular complexity index is 470. The molecule has 1 saturated carbocycles. The summed E-state index contributed by atoms with van der Waals surface area (Å²) in [6.45, 7) is 1.33. The summed E-state index contributed by atoms with van der Waals surface area (Å²) in [4.78, 5) is 5.57. The van der Waals surface area contributed by atoms with Gasteiger partial charge in [0.15, 0.2) is 0 Å². The van der Waals surface area contributed by atoms with Crippen LogP contribution in [0.25, 0.3) is 0 Å². The molecular formula is C14H21F3N4. The van der Waals surface area contributed by atoms with Crippen molar-refractivity contribution in [1.82, 2.24) is 9.88 Å². The number of nitrogens with zero attached hydrogens (tertiary/aromatic N) is 2. The largest absolute Gasteiger partial charge is 0.433 e. The normalized spacial score (nSPS) is 16.6. The van der Waals surface area contributed by atoms with Crippen LogP contribution in [0, 0.1) is 0 Å². The van der Waals surface area contributed by atoms with Gasteiger partial charge in [-0.2, -0.15) is 13.2 Å². The lowest BCUT2D eigenvalue weighted by Crippen LogP contribution is -2.33. The van der Waals surface area contributed by atoms with Crippen LogP contribution in [-0.2, 0) is 6.18 Å². The quantitative estimate of drug-likeness (QED) is 0.878. The summed E-state index contributed by atoms with van der Waals surface area (Å²) >= 11 is 0. The van der Waals surface area contributed by atoms with Crippen molar-refractivity contribution in [3.8, 4) is 0 Å². The monoisotopic (exact) mass is 302 g/mol. The van der Waals surface area contributed by atoms with Gasteiger partial charge < -0.3 is 16.0 Å². The smallest absolute Gasteiger partial charge is 0.396 e. The third kappa shape index (κ3) is 4.23. The molecule has 0 spiro atoms. The minimum atomic E-state index is -4.45. The molecule has 21 heavy (non-hydrogen) atoms. The maximum Gasteiger partial charge on any atom is 0.433 e. The summed E-state index contributed by atoms with van der Waals surface area (Å²) in [6.07, 6.45) is 1.51. The average Bonchev–Trinajstić information content (AvgIpc) is 2.93. The third-order valence-electron chi connectivity index (χ3n) is 3.95. The fourth-order valence-corrected chi connectivity index (χ4v) is 2.67. The topological polar surface area (TPSA) is 54.2 Å². The van der Waals surface area contributed by atoms with Crippen LogP contribution in [-0.4, -0.2) is 36.1 Å². The van der Waals surface area contributed by atoms with Crippen LogP contribution in [0.1, 0.15) is 31.4 Å². The first-order chi connectivity index (χ1) is 9.88. The maximum absolute atomic E-state index is 12.6. The van der Waals surface area contributed by atoms with Gasteiger partial charge in [0.2, 0.25) is 0 Å². The van der Waals surface area contributed by atoms with E-state index in [2.05, 4.69) is 22.2 Å². The number of anilines is 2. The molecule has 2 rings (SSSR count). The predicted molar refractivity (Wildman–Crippen MR) is 77.0 cm³/mol. The van der Waals surface area contributed by atoms with Crippen molar-refractivity contribution in [2.45, 2.75) is 37.9 Å². The lowest BCUT2D eigenvalue weighted by atomic mass is 10.2. The molecule has 7 heteroatoms. The third-order valence-corrected chi connectivity index (χ3v) is 3.95. The molecule has 0 aromatic carbocycles. The Balaban J connectivity index is 1.90. The molecule has 0 unspecified atom stereocenters. The van der Waals surface area contributed by atoms with Gasteiger partial charge >= 0.3 is 6.18 Å². The van der Waals surface area contributed by atoms with Crippen LogP contribution in [0.15, 0.2) is 12.3 Å². The second-order valence-electron chi connectivity index (χ2n) is 5.50. The molecular weight excluding hydrogens is 281 g/mol. The Morgan fingerprint density at radius 1 is 1.38 bits per heavy atom. The van der Waals surface area contributed by atoms with Gasteiger partial charge in [-0.1, -0.05) is 12.8 Å². The highest BCUT2D eigenvalue weighted by molar-refractivity contribution is 5.65. The van der Waals surface area contributed by atoms with Crippen LogP contribution < -0.4 is 11.1 Å². The number of alkyl halides is 3. The number of nitrogens with one attached hydrogen (secondary N) is 1. The van der Waals surface area contributed by atoms with E-state index in [1.807, 2.05) is 0 Å². The first kappa shape index (κ1) is 15.9. The zero-order valence-corrected chi connectivity index (χ0v) is 12.1. The number of hydrogen-bond acceptors (Lipinski definition) is 4. The van der Waals surface area contributed by atoms with Crippen LogP contribution in [0.2, 0.25) is 0 Å². The Hall–Kier alpha value is -1.50. The lowest BCUT2D eigenvalue weighted by molar-refractivity contribution is -0.141. The summed E-state index contributed by atoms with van der Waals surface area (Å²) in [5, 5.41) is 2.97. The number of rotatable bonds is 5. The number of pyridine rings is 1. The number of aromatic nitrogens is 1. The van der Waals surface area contributed by atoms with Crippen molar-refractivity contribution in [3.05, 3.63) is 18.0 Å². The van der Waals surface area contributed by atoms with E-state index < -0.39 is 11.9 Å². The van der Waals surface area contributed by atoms with E-state index in [1.54, 1.807) is 0 Å². The van der Waals surface area contributed by atoms with Gasteiger partial charge in [-0.05, 0) is 26.0 Å². The van der Waals surface area contributed by atoms with Crippen molar-refractivity contribution < 1.29 is 13.2 Å². The number of likely N-dealkylation sites (N-methyl/N-ethyl adjacent to an activating group) is 1. The van der Waals surface area contributed by atoms with Gasteiger partial charge in [-0.3, -0.25) is 0 Å². The molecule has 3 N–H and O–H groups in total. The number of hydrogen-bond donors (Lipinski definition) is 2. The Kier molecular flexibility index (Phi) is 4.92. The van der Waals surface area contributed by atoms with Gasteiger partial charge in [0.05, 0.1) is 17.6 Å². The number of nitrogen functional groups attached to an aromatic ring is 1. The molecule has 1 aliphatic carbocycles. The van der Waals surface area contributed by atoms with Crippen LogP contribution in [0.4, 0.5) is 24.5 Å². The molecule has 1 aliphatic rings. The van der Waals surface area contributed by atoms with E-state index in [4.69, 9.17) is 5.73 Å². The van der Waals surface area contributed by atoms with E-state index >= 15 is 0 Å². The molecule has 0 bridgehead atoms. The van der Waals surface area contributed by atoms with Crippen molar-refractivity contribution in [2.75, 3.05) is 31.2 Å². The zero-order chi connectivity index (χ0) is 15.5. The minimum Gasteiger partial charge on any atom is -0.396 e. The zero-order valence-electron chi connectivity index (χ0n) is 12.1. The Morgan fingerprint density at radius 2 is 2.05 bits per heavy atom. The summed E-state index contributed by atoms with van der Waals surface area (Å²) in [7, 11) is 2.05. The van der Waals surface area contributed by atoms with E-state index in [1.165, 1.54) is 25.7 Å². The molecule has 0 radical (unpaired) electrons. The van der Waals surface area contributed by atoms with Crippen LogP contribution in [0.3, 0.4) is 0 Å². The van der Waals surface area contributed by atoms with Crippen molar-refractivity contribution in [2.24, 2.45) is 0 Å². The fraction of sp³-hybridized carbons (Fsp3) is 0.643. The molecule has 0 atom stereocenters. The maximum atomic E-state index is 12.6. The first-order valence-electron chi connectivity index (χ1n) is 7.15. The highest BCUT2D eigenvalue weighted by Gasteiger charge is 2.32. The van der Waals surface area contributed by atoms with E-state index in [9.17, 15) is 13.2 Å². The molecule has 118 valence electrons. The van der Waals surface area contributed by atoms with Crippen molar-refractivity contribution in [1.29, 1.82) is 0 Å². The second-order valence-corrected chi connectivity index (χ2v) is 5.50. The predicted octanol–water partition coefficient (Wildman–Crippen LogP) is 2.97. The highest BCUT2D eigenvalue weighted by atomic mass is 19.4. The summed E-state index contributed by atoms with van der Waals surface area (Å²) in [6, 6.07) is 1.55. The van der Waals surface area contributed by atoms with Crippen molar-refractivity contribution in [3.63, 3.8) is 0 Å². The van der Waals surface area contributed by atoms with Gasteiger partial charge in [-0.15, -0.1) is 0 Å². The average molecular weight is 302 g/mol. The Morgan fingerprint density at radius 3 is 2.67 bits per heavy atom. The molecule has 1 heterocycles. The van der Waals surface area contributed by atoms with E-state index in [0.29, 0.717) is 12.6 Å². The minimum absolute atomic E-state index is 0.228. The SMILES string of the molecule is CN(CCNc1cc(C(F)(F)F)ncc1N)C1CCCC1. The van der Waals surface area contributed by atoms with Gasteiger partial charge in [-0.25, -0.2) is 4.98 Å². The highest BCUT2D eigenvalue weighted by Crippen LogP contribution is 2.31. The second kappa shape index (κ2) is 6.51.